The predicted molar refractivity (Wildman–Crippen MR) is 118 cm³/mol. The molecule has 4 rings (SSSR count). The Hall–Kier alpha value is -4.00. The number of amides is 1. The molecule has 7 heteroatoms. The van der Waals surface area contributed by atoms with Gasteiger partial charge < -0.3 is 9.84 Å². The molecular weight excluding hydrogens is 411 g/mol. The van der Waals surface area contributed by atoms with Crippen molar-refractivity contribution in [3.63, 3.8) is 0 Å². The zero-order chi connectivity index (χ0) is 22.8. The minimum absolute atomic E-state index is 0.0838. The van der Waals surface area contributed by atoms with Gasteiger partial charge in [-0.3, -0.25) is 14.5 Å². The number of carbonyl (C=O) groups excluding carboxylic acids is 2. The summed E-state index contributed by atoms with van der Waals surface area (Å²) in [6, 6.07) is 14.6. The van der Waals surface area contributed by atoms with Crippen LogP contribution in [0.5, 0.6) is 5.75 Å². The zero-order valence-corrected chi connectivity index (χ0v) is 17.6. The fraction of sp³-hybridized carbons (Fsp3) is 0.160. The molecule has 162 valence electrons. The number of ether oxygens (including phenoxy) is 1. The molecule has 0 saturated carbocycles. The van der Waals surface area contributed by atoms with Crippen molar-refractivity contribution in [2.45, 2.75) is 19.9 Å². The third-order valence-electron chi connectivity index (χ3n) is 5.29. The van der Waals surface area contributed by atoms with E-state index in [9.17, 15) is 19.1 Å². The van der Waals surface area contributed by atoms with Crippen molar-refractivity contribution in [1.29, 1.82) is 0 Å². The third kappa shape index (κ3) is 3.73. The molecule has 1 aliphatic rings. The van der Waals surface area contributed by atoms with E-state index in [1.807, 2.05) is 6.92 Å². The van der Waals surface area contributed by atoms with Gasteiger partial charge in [-0.2, -0.15) is 0 Å². The maximum absolute atomic E-state index is 13.6. The number of aryl methyl sites for hydroxylation is 1. The Kier molecular flexibility index (Phi) is 5.73. The van der Waals surface area contributed by atoms with Crippen molar-refractivity contribution in [3.8, 4) is 5.75 Å². The molecule has 0 aliphatic carbocycles. The maximum atomic E-state index is 13.6. The number of pyridine rings is 1. The van der Waals surface area contributed by atoms with Crippen LogP contribution in [0.25, 0.3) is 5.76 Å². The molecule has 0 radical (unpaired) electrons. The lowest BCUT2D eigenvalue weighted by molar-refractivity contribution is -0.132. The van der Waals surface area contributed by atoms with Crippen LogP contribution in [0.1, 0.15) is 29.7 Å². The monoisotopic (exact) mass is 432 g/mol. The highest BCUT2D eigenvalue weighted by Gasteiger charge is 2.47. The van der Waals surface area contributed by atoms with Gasteiger partial charge in [-0.15, -0.1) is 0 Å². The van der Waals surface area contributed by atoms with Gasteiger partial charge in [0.05, 0.1) is 18.2 Å². The van der Waals surface area contributed by atoms with Gasteiger partial charge >= 0.3 is 5.91 Å². The maximum Gasteiger partial charge on any atom is 0.301 e. The molecule has 1 N–H and O–H groups in total. The first-order valence-electron chi connectivity index (χ1n) is 10.1. The van der Waals surface area contributed by atoms with Crippen LogP contribution in [-0.4, -0.2) is 28.4 Å². The van der Waals surface area contributed by atoms with Crippen molar-refractivity contribution in [1.82, 2.24) is 4.98 Å². The lowest BCUT2D eigenvalue weighted by atomic mass is 9.94. The van der Waals surface area contributed by atoms with Crippen LogP contribution in [0.3, 0.4) is 0 Å². The van der Waals surface area contributed by atoms with E-state index in [1.165, 1.54) is 35.4 Å². The van der Waals surface area contributed by atoms with Crippen LogP contribution in [-0.2, 0) is 9.59 Å². The molecule has 6 nitrogen and oxygen atoms in total. The highest BCUT2D eigenvalue weighted by Crippen LogP contribution is 2.42. The van der Waals surface area contributed by atoms with E-state index in [1.54, 1.807) is 43.3 Å². The molecule has 1 aromatic heterocycles. The Morgan fingerprint density at radius 3 is 2.50 bits per heavy atom. The molecule has 0 bridgehead atoms. The lowest BCUT2D eigenvalue weighted by Crippen LogP contribution is -2.30. The first-order chi connectivity index (χ1) is 15.4. The number of nitrogens with zero attached hydrogens (tertiary/aromatic N) is 2. The molecule has 1 fully saturated rings. The fourth-order valence-corrected chi connectivity index (χ4v) is 3.83. The van der Waals surface area contributed by atoms with E-state index in [0.29, 0.717) is 29.0 Å². The van der Waals surface area contributed by atoms with Gasteiger partial charge in [-0.1, -0.05) is 18.2 Å². The summed E-state index contributed by atoms with van der Waals surface area (Å²) in [5, 5.41) is 11.2. The second-order valence-corrected chi connectivity index (χ2v) is 7.32. The summed E-state index contributed by atoms with van der Waals surface area (Å²) in [7, 11) is 0. The molecule has 1 aliphatic heterocycles. The molecule has 1 unspecified atom stereocenters. The number of carbonyl (C=O) groups is 2. The number of aliphatic hydroxyl groups excluding tert-OH is 1. The molecule has 2 heterocycles. The number of aliphatic hydroxyl groups is 1. The lowest BCUT2D eigenvalue weighted by Gasteiger charge is -2.24. The summed E-state index contributed by atoms with van der Waals surface area (Å²) in [6.45, 7) is 4.13. The highest BCUT2D eigenvalue weighted by molar-refractivity contribution is 6.51. The second-order valence-electron chi connectivity index (χ2n) is 7.32. The molecule has 32 heavy (non-hydrogen) atoms. The number of Topliss-reactive ketones (excluding diaryl/α,β-unsaturated/α-hetero) is 1. The van der Waals surface area contributed by atoms with Crippen LogP contribution in [0.4, 0.5) is 10.2 Å². The van der Waals surface area contributed by atoms with E-state index in [4.69, 9.17) is 4.74 Å². The standard InChI is InChI=1S/C25H21FN2O4/c1-3-32-18-11-12-19(15(2)14-18)23(29)21-22(16-7-9-17(26)10-8-16)28(25(31)24(21)30)20-6-4-5-13-27-20/h4-14,22,29H,3H2,1-2H3. The average molecular weight is 432 g/mol. The first kappa shape index (κ1) is 21.2. The fourth-order valence-electron chi connectivity index (χ4n) is 3.83. The minimum atomic E-state index is -0.962. The Morgan fingerprint density at radius 2 is 1.88 bits per heavy atom. The van der Waals surface area contributed by atoms with Crippen LogP contribution < -0.4 is 9.64 Å². The summed E-state index contributed by atoms with van der Waals surface area (Å²) in [4.78, 5) is 31.6. The van der Waals surface area contributed by atoms with E-state index < -0.39 is 23.5 Å². The van der Waals surface area contributed by atoms with Gasteiger partial charge in [0, 0.05) is 11.8 Å². The molecule has 2 aromatic carbocycles. The number of anilines is 1. The summed E-state index contributed by atoms with van der Waals surface area (Å²) in [5.74, 6) is -1.53. The van der Waals surface area contributed by atoms with Crippen molar-refractivity contribution in [2.24, 2.45) is 0 Å². The largest absolute Gasteiger partial charge is 0.507 e. The average Bonchev–Trinajstić information content (AvgIpc) is 3.05. The topological polar surface area (TPSA) is 79.7 Å². The van der Waals surface area contributed by atoms with Gasteiger partial charge in [0.1, 0.15) is 23.1 Å². The van der Waals surface area contributed by atoms with Gasteiger partial charge in [0.25, 0.3) is 5.78 Å². The van der Waals surface area contributed by atoms with Gasteiger partial charge in [-0.05, 0) is 67.4 Å². The normalized spacial score (nSPS) is 17.6. The summed E-state index contributed by atoms with van der Waals surface area (Å²) >= 11 is 0. The van der Waals surface area contributed by atoms with Crippen molar-refractivity contribution in [2.75, 3.05) is 11.5 Å². The van der Waals surface area contributed by atoms with Crippen molar-refractivity contribution >= 4 is 23.3 Å². The predicted octanol–water partition coefficient (Wildman–Crippen LogP) is 4.55. The molecule has 1 saturated heterocycles. The van der Waals surface area contributed by atoms with Crippen molar-refractivity contribution in [3.05, 3.63) is 94.9 Å². The molecular formula is C25H21FN2O4. The second kappa shape index (κ2) is 8.63. The first-order valence-corrected chi connectivity index (χ1v) is 10.1. The van der Waals surface area contributed by atoms with Crippen LogP contribution in [0.2, 0.25) is 0 Å². The number of hydrogen-bond acceptors (Lipinski definition) is 5. The van der Waals surface area contributed by atoms with Crippen LogP contribution >= 0.6 is 0 Å². The van der Waals surface area contributed by atoms with Crippen molar-refractivity contribution < 1.29 is 23.8 Å². The van der Waals surface area contributed by atoms with E-state index >= 15 is 0 Å². The number of benzene rings is 2. The van der Waals surface area contributed by atoms with Gasteiger partial charge in [0.2, 0.25) is 0 Å². The molecule has 3 aromatic rings. The van der Waals surface area contributed by atoms with Crippen LogP contribution in [0, 0.1) is 12.7 Å². The van der Waals surface area contributed by atoms with E-state index in [-0.39, 0.29) is 17.2 Å². The number of hydrogen-bond donors (Lipinski definition) is 1. The minimum Gasteiger partial charge on any atom is -0.507 e. The third-order valence-corrected chi connectivity index (χ3v) is 5.29. The molecule has 1 atom stereocenters. The number of rotatable bonds is 5. The number of halogens is 1. The Balaban J connectivity index is 1.91. The zero-order valence-electron chi connectivity index (χ0n) is 17.6. The summed E-state index contributed by atoms with van der Waals surface area (Å²) in [5.41, 5.74) is 1.47. The van der Waals surface area contributed by atoms with Gasteiger partial charge in [0.15, 0.2) is 0 Å². The summed E-state index contributed by atoms with van der Waals surface area (Å²) < 4.78 is 19.1. The van der Waals surface area contributed by atoms with Crippen LogP contribution in [0.15, 0.2) is 72.4 Å². The molecule has 0 spiro atoms. The Labute approximate surface area is 184 Å². The molecule has 1 amide bonds. The van der Waals surface area contributed by atoms with Gasteiger partial charge in [-0.25, -0.2) is 9.37 Å². The SMILES string of the molecule is CCOc1ccc(C(O)=C2C(=O)C(=O)N(c3ccccn3)C2c2ccc(F)cc2)c(C)c1. The Bertz CT molecular complexity index is 1210. The Morgan fingerprint density at radius 1 is 1.12 bits per heavy atom. The number of aromatic nitrogens is 1. The smallest absolute Gasteiger partial charge is 0.301 e. The summed E-state index contributed by atoms with van der Waals surface area (Å²) in [6.07, 6.45) is 1.51. The quantitative estimate of drug-likeness (QED) is 0.363. The van der Waals surface area contributed by atoms with E-state index in [0.717, 1.165) is 0 Å². The highest BCUT2D eigenvalue weighted by atomic mass is 19.1. The number of ketones is 1. The van der Waals surface area contributed by atoms with E-state index in [2.05, 4.69) is 4.98 Å².